The highest BCUT2D eigenvalue weighted by atomic mass is 19.1. The van der Waals surface area contributed by atoms with Gasteiger partial charge in [0.1, 0.15) is 19.0 Å². The van der Waals surface area contributed by atoms with Crippen LogP contribution in [0.3, 0.4) is 0 Å². The molecule has 2 aromatic rings. The number of esters is 1. The number of pyridine rings is 1. The Morgan fingerprint density at radius 2 is 2.10 bits per heavy atom. The van der Waals surface area contributed by atoms with E-state index in [0.29, 0.717) is 16.8 Å². The summed E-state index contributed by atoms with van der Waals surface area (Å²) in [6.07, 6.45) is 1.38. The highest BCUT2D eigenvalue weighted by molar-refractivity contribution is 5.69. The molecule has 0 fully saturated rings. The van der Waals surface area contributed by atoms with E-state index >= 15 is 0 Å². The van der Waals surface area contributed by atoms with Gasteiger partial charge >= 0.3 is 5.97 Å². The number of nitrogens with zero attached hydrogens (tertiary/aromatic N) is 1. The molecule has 0 amide bonds. The second-order valence-corrected chi connectivity index (χ2v) is 4.66. The van der Waals surface area contributed by atoms with Gasteiger partial charge in [-0.15, -0.1) is 0 Å². The molecule has 5 nitrogen and oxygen atoms in total. The first-order valence-electron chi connectivity index (χ1n) is 6.32. The van der Waals surface area contributed by atoms with Crippen molar-refractivity contribution in [2.75, 3.05) is 5.73 Å². The molecular formula is C15H15FN2O3. The summed E-state index contributed by atoms with van der Waals surface area (Å²) in [4.78, 5) is 23.3. The van der Waals surface area contributed by atoms with Gasteiger partial charge in [0.05, 0.1) is 0 Å². The van der Waals surface area contributed by atoms with Gasteiger partial charge in [0.15, 0.2) is 0 Å². The third-order valence-electron chi connectivity index (χ3n) is 3.00. The van der Waals surface area contributed by atoms with Gasteiger partial charge in [-0.25, -0.2) is 4.39 Å². The molecule has 0 bridgehead atoms. The third kappa shape index (κ3) is 3.92. The lowest BCUT2D eigenvalue weighted by Crippen LogP contribution is -2.24. The first-order chi connectivity index (χ1) is 9.95. The maximum absolute atomic E-state index is 13.0. The van der Waals surface area contributed by atoms with Crippen LogP contribution in [0.5, 0.6) is 0 Å². The topological polar surface area (TPSA) is 74.3 Å². The Morgan fingerprint density at radius 1 is 1.33 bits per heavy atom. The van der Waals surface area contributed by atoms with E-state index in [9.17, 15) is 14.0 Å². The van der Waals surface area contributed by atoms with Crippen LogP contribution in [0.4, 0.5) is 10.1 Å². The maximum Gasteiger partial charge on any atom is 0.326 e. The van der Waals surface area contributed by atoms with Crippen molar-refractivity contribution in [3.05, 3.63) is 63.8 Å². The van der Waals surface area contributed by atoms with E-state index in [1.54, 1.807) is 13.0 Å². The average Bonchev–Trinajstić information content (AvgIpc) is 2.42. The Labute approximate surface area is 120 Å². The highest BCUT2D eigenvalue weighted by Gasteiger charge is 2.08. The molecule has 2 rings (SSSR count). The number of rotatable bonds is 4. The number of nitrogens with two attached hydrogens (primary N) is 1. The van der Waals surface area contributed by atoms with E-state index in [2.05, 4.69) is 0 Å². The van der Waals surface area contributed by atoms with Crippen molar-refractivity contribution in [3.8, 4) is 0 Å². The number of anilines is 1. The van der Waals surface area contributed by atoms with Crippen LogP contribution in [0.1, 0.15) is 11.1 Å². The van der Waals surface area contributed by atoms with E-state index < -0.39 is 5.97 Å². The molecule has 1 aromatic carbocycles. The first kappa shape index (κ1) is 14.8. The smallest absolute Gasteiger partial charge is 0.326 e. The van der Waals surface area contributed by atoms with Crippen LogP contribution in [0, 0.1) is 12.7 Å². The lowest BCUT2D eigenvalue weighted by molar-refractivity contribution is -0.145. The Hall–Kier alpha value is -2.63. The number of hydrogen-bond donors (Lipinski definition) is 1. The van der Waals surface area contributed by atoms with E-state index in [0.717, 1.165) is 0 Å². The number of aryl methyl sites for hydroxylation is 1. The Balaban J connectivity index is 1.99. The van der Waals surface area contributed by atoms with Crippen molar-refractivity contribution in [3.63, 3.8) is 0 Å². The Kier molecular flexibility index (Phi) is 4.37. The summed E-state index contributed by atoms with van der Waals surface area (Å²) in [5.74, 6) is -0.902. The summed E-state index contributed by atoms with van der Waals surface area (Å²) in [5.41, 5.74) is 7.02. The molecule has 0 saturated carbocycles. The number of aromatic nitrogens is 1. The van der Waals surface area contributed by atoms with E-state index in [1.807, 2.05) is 0 Å². The summed E-state index contributed by atoms with van der Waals surface area (Å²) in [6, 6.07) is 6.98. The number of carbonyl (C=O) groups excluding carboxylic acids is 1. The van der Waals surface area contributed by atoms with Gasteiger partial charge < -0.3 is 15.0 Å². The highest BCUT2D eigenvalue weighted by Crippen LogP contribution is 2.11. The quantitative estimate of drug-likeness (QED) is 0.868. The molecule has 21 heavy (non-hydrogen) atoms. The van der Waals surface area contributed by atoms with Gasteiger partial charge in [-0.2, -0.15) is 0 Å². The van der Waals surface area contributed by atoms with Crippen molar-refractivity contribution < 1.29 is 13.9 Å². The molecule has 0 aliphatic carbocycles. The lowest BCUT2D eigenvalue weighted by atomic mass is 10.1. The van der Waals surface area contributed by atoms with Crippen LogP contribution < -0.4 is 11.3 Å². The molecule has 1 aromatic heterocycles. The molecule has 0 radical (unpaired) electrons. The summed E-state index contributed by atoms with van der Waals surface area (Å²) >= 11 is 0. The molecule has 110 valence electrons. The standard InChI is InChI=1S/C15H15FN2O3/c1-10-6-12(16)3-2-11(10)9-21-15(20)8-18-7-13(17)4-5-14(18)19/h2-7H,8-9,17H2,1H3. The monoisotopic (exact) mass is 290 g/mol. The van der Waals surface area contributed by atoms with Crippen LogP contribution in [-0.2, 0) is 22.7 Å². The van der Waals surface area contributed by atoms with Gasteiger partial charge in [-0.3, -0.25) is 9.59 Å². The van der Waals surface area contributed by atoms with Gasteiger partial charge in [0, 0.05) is 18.0 Å². The summed E-state index contributed by atoms with van der Waals surface area (Å²) in [6.45, 7) is 1.54. The first-order valence-corrected chi connectivity index (χ1v) is 6.32. The molecule has 2 N–H and O–H groups in total. The Morgan fingerprint density at radius 3 is 2.81 bits per heavy atom. The zero-order valence-corrected chi connectivity index (χ0v) is 11.5. The molecule has 0 spiro atoms. The minimum Gasteiger partial charge on any atom is -0.459 e. The molecule has 0 unspecified atom stereocenters. The lowest BCUT2D eigenvalue weighted by Gasteiger charge is -2.09. The second kappa shape index (κ2) is 6.21. The maximum atomic E-state index is 13.0. The van der Waals surface area contributed by atoms with Crippen molar-refractivity contribution in [1.29, 1.82) is 0 Å². The van der Waals surface area contributed by atoms with Crippen LogP contribution in [0.15, 0.2) is 41.3 Å². The number of carbonyl (C=O) groups is 1. The van der Waals surface area contributed by atoms with E-state index in [1.165, 1.54) is 35.0 Å². The third-order valence-corrected chi connectivity index (χ3v) is 3.00. The second-order valence-electron chi connectivity index (χ2n) is 4.66. The van der Waals surface area contributed by atoms with Crippen molar-refractivity contribution in [2.45, 2.75) is 20.1 Å². The number of ether oxygens (including phenoxy) is 1. The van der Waals surface area contributed by atoms with Gasteiger partial charge in [0.25, 0.3) is 5.56 Å². The molecule has 0 aliphatic rings. The number of benzene rings is 1. The fourth-order valence-electron chi connectivity index (χ4n) is 1.84. The molecule has 0 atom stereocenters. The van der Waals surface area contributed by atoms with Crippen LogP contribution in [0.25, 0.3) is 0 Å². The molecule has 0 saturated heterocycles. The van der Waals surface area contributed by atoms with E-state index in [-0.39, 0.29) is 24.5 Å². The zero-order valence-electron chi connectivity index (χ0n) is 11.5. The predicted molar refractivity (Wildman–Crippen MR) is 76.0 cm³/mol. The summed E-state index contributed by atoms with van der Waals surface area (Å²) in [5, 5.41) is 0. The SMILES string of the molecule is Cc1cc(F)ccc1COC(=O)Cn1cc(N)ccc1=O. The summed E-state index contributed by atoms with van der Waals surface area (Å²) in [7, 11) is 0. The van der Waals surface area contributed by atoms with Crippen LogP contribution in [-0.4, -0.2) is 10.5 Å². The Bertz CT molecular complexity index is 725. The fraction of sp³-hybridized carbons (Fsp3) is 0.200. The minimum absolute atomic E-state index is 0.0298. The fourth-order valence-corrected chi connectivity index (χ4v) is 1.84. The average molecular weight is 290 g/mol. The van der Waals surface area contributed by atoms with Gasteiger partial charge in [-0.05, 0) is 36.2 Å². The normalized spacial score (nSPS) is 10.4. The van der Waals surface area contributed by atoms with E-state index in [4.69, 9.17) is 10.5 Å². The number of halogens is 1. The van der Waals surface area contributed by atoms with Gasteiger partial charge in [-0.1, -0.05) is 6.07 Å². The van der Waals surface area contributed by atoms with Crippen molar-refractivity contribution in [2.24, 2.45) is 0 Å². The van der Waals surface area contributed by atoms with Crippen LogP contribution >= 0.6 is 0 Å². The predicted octanol–water partition coefficient (Wildman–Crippen LogP) is 1.62. The molecular weight excluding hydrogens is 275 g/mol. The number of nitrogen functional groups attached to an aromatic ring is 1. The van der Waals surface area contributed by atoms with Crippen molar-refractivity contribution in [1.82, 2.24) is 4.57 Å². The molecule has 0 aliphatic heterocycles. The zero-order chi connectivity index (χ0) is 15.4. The largest absolute Gasteiger partial charge is 0.459 e. The van der Waals surface area contributed by atoms with Crippen molar-refractivity contribution >= 4 is 11.7 Å². The summed E-state index contributed by atoms with van der Waals surface area (Å²) < 4.78 is 19.2. The number of hydrogen-bond acceptors (Lipinski definition) is 4. The molecule has 6 heteroatoms. The van der Waals surface area contributed by atoms with Crippen LogP contribution in [0.2, 0.25) is 0 Å². The minimum atomic E-state index is -0.563. The molecule has 1 heterocycles. The van der Waals surface area contributed by atoms with Gasteiger partial charge in [0.2, 0.25) is 0 Å².